The molecule has 1 aromatic rings. The van der Waals surface area contributed by atoms with Crippen LogP contribution in [0.1, 0.15) is 6.92 Å². The average molecular weight is 273 g/mol. The van der Waals surface area contributed by atoms with Gasteiger partial charge in [-0.05, 0) is 12.1 Å². The molecule has 0 radical (unpaired) electrons. The zero-order valence-electron chi connectivity index (χ0n) is 9.71. The van der Waals surface area contributed by atoms with Crippen molar-refractivity contribution >= 4 is 29.4 Å². The lowest BCUT2D eigenvalue weighted by Crippen LogP contribution is -2.36. The standard InChI is InChI=1S/C11H13ClN2O4/c1-7(11(17)18)5-14(6-10(15)16)9-3-2-8(12)4-13-9/h2-4,7H,5-6H2,1H3,(H,15,16)(H,17,18). The Bertz CT molecular complexity index is 435. The van der Waals surface area contributed by atoms with Gasteiger partial charge in [-0.2, -0.15) is 0 Å². The van der Waals surface area contributed by atoms with Crippen molar-refractivity contribution in [3.63, 3.8) is 0 Å². The molecule has 0 spiro atoms. The van der Waals surface area contributed by atoms with E-state index in [0.717, 1.165) is 0 Å². The van der Waals surface area contributed by atoms with Crippen LogP contribution >= 0.6 is 11.6 Å². The second-order valence-electron chi connectivity index (χ2n) is 3.85. The molecule has 0 aliphatic heterocycles. The Kier molecular flexibility index (Phi) is 4.91. The Balaban J connectivity index is 2.87. The average Bonchev–Trinajstić information content (AvgIpc) is 2.28. The van der Waals surface area contributed by atoms with Gasteiger partial charge >= 0.3 is 11.9 Å². The molecule has 0 saturated carbocycles. The molecule has 0 aromatic carbocycles. The fraction of sp³-hybridized carbons (Fsp3) is 0.364. The van der Waals surface area contributed by atoms with E-state index >= 15 is 0 Å². The molecule has 0 fully saturated rings. The maximum Gasteiger partial charge on any atom is 0.323 e. The van der Waals surface area contributed by atoms with E-state index in [1.807, 2.05) is 0 Å². The monoisotopic (exact) mass is 272 g/mol. The van der Waals surface area contributed by atoms with Crippen LogP contribution in [0.15, 0.2) is 18.3 Å². The van der Waals surface area contributed by atoms with Crippen LogP contribution in [0.2, 0.25) is 5.02 Å². The number of hydrogen-bond acceptors (Lipinski definition) is 4. The maximum absolute atomic E-state index is 10.8. The first kappa shape index (κ1) is 14.2. The summed E-state index contributed by atoms with van der Waals surface area (Å²) in [4.78, 5) is 26.9. The first-order valence-electron chi connectivity index (χ1n) is 5.21. The Morgan fingerprint density at radius 3 is 2.56 bits per heavy atom. The highest BCUT2D eigenvalue weighted by atomic mass is 35.5. The third-order valence-electron chi connectivity index (χ3n) is 2.28. The molecule has 1 atom stereocenters. The third kappa shape index (κ3) is 4.21. The third-order valence-corrected chi connectivity index (χ3v) is 2.50. The predicted octanol–water partition coefficient (Wildman–Crippen LogP) is 1.35. The number of aliphatic carboxylic acids is 2. The second-order valence-corrected chi connectivity index (χ2v) is 4.28. The second kappa shape index (κ2) is 6.20. The number of rotatable bonds is 6. The van der Waals surface area contributed by atoms with Gasteiger partial charge in [0.15, 0.2) is 0 Å². The highest BCUT2D eigenvalue weighted by Crippen LogP contribution is 2.15. The van der Waals surface area contributed by atoms with Gasteiger partial charge in [-0.25, -0.2) is 4.98 Å². The largest absolute Gasteiger partial charge is 0.481 e. The van der Waals surface area contributed by atoms with Crippen molar-refractivity contribution in [2.24, 2.45) is 5.92 Å². The molecule has 2 N–H and O–H groups in total. The minimum Gasteiger partial charge on any atom is -0.481 e. The van der Waals surface area contributed by atoms with Crippen molar-refractivity contribution in [3.8, 4) is 0 Å². The summed E-state index contributed by atoms with van der Waals surface area (Å²) in [6, 6.07) is 3.13. The summed E-state index contributed by atoms with van der Waals surface area (Å²) in [5.74, 6) is -2.35. The topological polar surface area (TPSA) is 90.7 Å². The fourth-order valence-corrected chi connectivity index (χ4v) is 1.48. The van der Waals surface area contributed by atoms with Crippen molar-refractivity contribution in [1.82, 2.24) is 4.98 Å². The molecule has 1 unspecified atom stereocenters. The zero-order chi connectivity index (χ0) is 13.7. The minimum absolute atomic E-state index is 0.0657. The molecule has 0 aliphatic carbocycles. The highest BCUT2D eigenvalue weighted by Gasteiger charge is 2.19. The number of aromatic nitrogens is 1. The zero-order valence-corrected chi connectivity index (χ0v) is 10.5. The summed E-state index contributed by atoms with van der Waals surface area (Å²) in [7, 11) is 0. The Labute approximate surface area is 109 Å². The predicted molar refractivity (Wildman–Crippen MR) is 65.9 cm³/mol. The lowest BCUT2D eigenvalue weighted by molar-refractivity contribution is -0.141. The Morgan fingerprint density at radius 1 is 1.44 bits per heavy atom. The number of carboxylic acid groups (broad SMARTS) is 2. The van der Waals surface area contributed by atoms with E-state index in [0.29, 0.717) is 10.8 Å². The van der Waals surface area contributed by atoms with Crippen molar-refractivity contribution in [1.29, 1.82) is 0 Å². The molecule has 0 aliphatic rings. The normalized spacial score (nSPS) is 11.9. The van der Waals surface area contributed by atoms with Gasteiger partial charge in [-0.1, -0.05) is 18.5 Å². The van der Waals surface area contributed by atoms with Crippen LogP contribution in [0.25, 0.3) is 0 Å². The fourth-order valence-electron chi connectivity index (χ4n) is 1.37. The first-order valence-corrected chi connectivity index (χ1v) is 5.59. The van der Waals surface area contributed by atoms with E-state index in [2.05, 4.69) is 4.98 Å². The van der Waals surface area contributed by atoms with Gasteiger partial charge in [-0.3, -0.25) is 9.59 Å². The molecule has 0 bridgehead atoms. The van der Waals surface area contributed by atoms with Crippen molar-refractivity contribution < 1.29 is 19.8 Å². The molecule has 1 heterocycles. The van der Waals surface area contributed by atoms with E-state index in [-0.39, 0.29) is 13.1 Å². The van der Waals surface area contributed by atoms with Gasteiger partial charge in [0.25, 0.3) is 0 Å². The first-order chi connectivity index (χ1) is 8.40. The smallest absolute Gasteiger partial charge is 0.323 e. The molecule has 98 valence electrons. The van der Waals surface area contributed by atoms with Gasteiger partial charge in [0.1, 0.15) is 12.4 Å². The summed E-state index contributed by atoms with van der Waals surface area (Å²) in [6.07, 6.45) is 1.39. The van der Waals surface area contributed by atoms with Crippen LogP contribution in [0, 0.1) is 5.92 Å². The highest BCUT2D eigenvalue weighted by molar-refractivity contribution is 6.30. The molecule has 1 aromatic heterocycles. The van der Waals surface area contributed by atoms with Gasteiger partial charge in [0.2, 0.25) is 0 Å². The molecular weight excluding hydrogens is 260 g/mol. The number of carboxylic acids is 2. The quantitative estimate of drug-likeness (QED) is 0.812. The van der Waals surface area contributed by atoms with E-state index in [1.165, 1.54) is 18.0 Å². The van der Waals surface area contributed by atoms with Gasteiger partial charge in [0, 0.05) is 12.7 Å². The van der Waals surface area contributed by atoms with Gasteiger partial charge in [-0.15, -0.1) is 0 Å². The van der Waals surface area contributed by atoms with Crippen LogP contribution in [-0.2, 0) is 9.59 Å². The van der Waals surface area contributed by atoms with Gasteiger partial charge < -0.3 is 15.1 Å². The SMILES string of the molecule is CC(CN(CC(=O)O)c1ccc(Cl)cn1)C(=O)O. The molecule has 1 rings (SSSR count). The van der Waals surface area contributed by atoms with E-state index < -0.39 is 17.9 Å². The Hall–Kier alpha value is -1.82. The summed E-state index contributed by atoms with van der Waals surface area (Å²) >= 11 is 5.69. The summed E-state index contributed by atoms with van der Waals surface area (Å²) < 4.78 is 0. The summed E-state index contributed by atoms with van der Waals surface area (Å²) in [5.41, 5.74) is 0. The molecule has 0 amide bonds. The number of halogens is 1. The van der Waals surface area contributed by atoms with Crippen LogP contribution in [0.5, 0.6) is 0 Å². The number of carbonyl (C=O) groups is 2. The molecular formula is C11H13ClN2O4. The number of pyridine rings is 1. The van der Waals surface area contributed by atoms with Crippen LogP contribution in [0.3, 0.4) is 0 Å². The van der Waals surface area contributed by atoms with Crippen LogP contribution in [-0.4, -0.2) is 40.2 Å². The number of nitrogens with zero attached hydrogens (tertiary/aromatic N) is 2. The van der Waals surface area contributed by atoms with Crippen molar-refractivity contribution in [2.45, 2.75) is 6.92 Å². The lowest BCUT2D eigenvalue weighted by Gasteiger charge is -2.23. The van der Waals surface area contributed by atoms with Crippen molar-refractivity contribution in [2.75, 3.05) is 18.0 Å². The lowest BCUT2D eigenvalue weighted by atomic mass is 10.1. The molecule has 18 heavy (non-hydrogen) atoms. The minimum atomic E-state index is -1.05. The molecule has 6 nitrogen and oxygen atoms in total. The van der Waals surface area contributed by atoms with Gasteiger partial charge in [0.05, 0.1) is 10.9 Å². The van der Waals surface area contributed by atoms with Crippen LogP contribution < -0.4 is 4.90 Å². The van der Waals surface area contributed by atoms with Crippen LogP contribution in [0.4, 0.5) is 5.82 Å². The van der Waals surface area contributed by atoms with Crippen molar-refractivity contribution in [3.05, 3.63) is 23.4 Å². The number of anilines is 1. The molecule has 7 heteroatoms. The van der Waals surface area contributed by atoms with E-state index in [1.54, 1.807) is 12.1 Å². The number of hydrogen-bond donors (Lipinski definition) is 2. The summed E-state index contributed by atoms with van der Waals surface area (Å²) in [6.45, 7) is 1.26. The molecule has 0 saturated heterocycles. The van der Waals surface area contributed by atoms with E-state index in [4.69, 9.17) is 21.8 Å². The summed E-state index contributed by atoms with van der Waals surface area (Å²) in [5, 5.41) is 18.1. The van der Waals surface area contributed by atoms with E-state index in [9.17, 15) is 9.59 Å². The Morgan fingerprint density at radius 2 is 2.11 bits per heavy atom. The maximum atomic E-state index is 10.8.